The van der Waals surface area contributed by atoms with Crippen molar-refractivity contribution in [2.75, 3.05) is 6.54 Å². The van der Waals surface area contributed by atoms with Crippen LogP contribution in [0.15, 0.2) is 18.2 Å². The smallest absolute Gasteiger partial charge is 0.328 e. The number of rotatable bonds is 5. The van der Waals surface area contributed by atoms with Gasteiger partial charge in [0.15, 0.2) is 0 Å². The molecule has 4 nitrogen and oxygen atoms in total. The van der Waals surface area contributed by atoms with E-state index in [1.165, 1.54) is 17.4 Å². The molecule has 0 unspecified atom stereocenters. The molecule has 0 spiro atoms. The summed E-state index contributed by atoms with van der Waals surface area (Å²) < 4.78 is 0. The molecular weight excluding hydrogens is 250 g/mol. The molecule has 1 rings (SSSR count). The van der Waals surface area contributed by atoms with Gasteiger partial charge in [-0.15, -0.1) is 11.3 Å². The molecule has 1 amide bonds. The normalized spacial score (nSPS) is 11.1. The monoisotopic (exact) mass is 267 g/mol. The van der Waals surface area contributed by atoms with Crippen LogP contribution in [-0.2, 0) is 4.79 Å². The minimum absolute atomic E-state index is 0.00697. The molecule has 0 atom stereocenters. The standard InChI is InChI=1S/C13H17NO3S/c1-4-14(9(2)3)13(17)11-7-5-10(18-11)6-8-12(15)16/h5-9H,4H2,1-3H3,(H,15,16)/b8-6+. The highest BCUT2D eigenvalue weighted by molar-refractivity contribution is 7.14. The van der Waals surface area contributed by atoms with Gasteiger partial charge in [-0.05, 0) is 39.0 Å². The highest BCUT2D eigenvalue weighted by Crippen LogP contribution is 2.20. The Balaban J connectivity index is 2.85. The lowest BCUT2D eigenvalue weighted by Crippen LogP contribution is -2.36. The second-order valence-corrected chi connectivity index (χ2v) is 5.17. The molecule has 0 saturated heterocycles. The lowest BCUT2D eigenvalue weighted by Gasteiger charge is -2.24. The SMILES string of the molecule is CCN(C(=O)c1ccc(/C=C/C(=O)O)s1)C(C)C. The van der Waals surface area contributed by atoms with E-state index in [-0.39, 0.29) is 11.9 Å². The number of aliphatic carboxylic acids is 1. The summed E-state index contributed by atoms with van der Waals surface area (Å²) in [5.74, 6) is -0.999. The Morgan fingerprint density at radius 1 is 1.44 bits per heavy atom. The quantitative estimate of drug-likeness (QED) is 0.834. The summed E-state index contributed by atoms with van der Waals surface area (Å²) in [5, 5.41) is 8.53. The van der Waals surface area contributed by atoms with Crippen molar-refractivity contribution in [1.82, 2.24) is 4.90 Å². The van der Waals surface area contributed by atoms with Gasteiger partial charge < -0.3 is 10.0 Å². The molecule has 0 bridgehead atoms. The summed E-state index contributed by atoms with van der Waals surface area (Å²) >= 11 is 1.30. The van der Waals surface area contributed by atoms with Crippen LogP contribution in [0.4, 0.5) is 0 Å². The summed E-state index contributed by atoms with van der Waals surface area (Å²) in [6.07, 6.45) is 2.57. The first-order valence-corrected chi connectivity index (χ1v) is 6.59. The second kappa shape index (κ2) is 6.35. The van der Waals surface area contributed by atoms with Gasteiger partial charge in [-0.25, -0.2) is 4.79 Å². The van der Waals surface area contributed by atoms with Crippen molar-refractivity contribution in [3.05, 3.63) is 28.0 Å². The third-order valence-corrected chi connectivity index (χ3v) is 3.49. The van der Waals surface area contributed by atoms with Crippen LogP contribution in [0, 0.1) is 0 Å². The zero-order valence-electron chi connectivity index (χ0n) is 10.7. The number of amides is 1. The maximum absolute atomic E-state index is 12.2. The fraction of sp³-hybridized carbons (Fsp3) is 0.385. The van der Waals surface area contributed by atoms with Gasteiger partial charge in [0.1, 0.15) is 0 Å². The van der Waals surface area contributed by atoms with E-state index in [2.05, 4.69) is 0 Å². The Kier molecular flexibility index (Phi) is 5.09. The maximum atomic E-state index is 12.2. The summed E-state index contributed by atoms with van der Waals surface area (Å²) in [6.45, 7) is 6.55. The van der Waals surface area contributed by atoms with Crippen molar-refractivity contribution < 1.29 is 14.7 Å². The maximum Gasteiger partial charge on any atom is 0.328 e. The Labute approximate surface area is 111 Å². The predicted molar refractivity (Wildman–Crippen MR) is 72.8 cm³/mol. The molecule has 0 aliphatic rings. The van der Waals surface area contributed by atoms with Gasteiger partial charge in [0.2, 0.25) is 0 Å². The van der Waals surface area contributed by atoms with Gasteiger partial charge in [-0.2, -0.15) is 0 Å². The van der Waals surface area contributed by atoms with Gasteiger partial charge in [0, 0.05) is 23.5 Å². The molecule has 0 fully saturated rings. The van der Waals surface area contributed by atoms with Crippen LogP contribution in [0.1, 0.15) is 35.3 Å². The Bertz CT molecular complexity index is 463. The molecule has 1 N–H and O–H groups in total. The van der Waals surface area contributed by atoms with Gasteiger partial charge in [-0.3, -0.25) is 4.79 Å². The molecule has 98 valence electrons. The first-order chi connectivity index (χ1) is 8.45. The Morgan fingerprint density at radius 3 is 2.61 bits per heavy atom. The van der Waals surface area contributed by atoms with E-state index in [4.69, 9.17) is 5.11 Å². The molecule has 0 aliphatic heterocycles. The summed E-state index contributed by atoms with van der Waals surface area (Å²) in [4.78, 5) is 25.7. The summed E-state index contributed by atoms with van der Waals surface area (Å²) in [7, 11) is 0. The fourth-order valence-corrected chi connectivity index (χ4v) is 2.46. The van der Waals surface area contributed by atoms with Crippen LogP contribution >= 0.6 is 11.3 Å². The van der Waals surface area contributed by atoms with Crippen LogP contribution in [0.2, 0.25) is 0 Å². The van der Waals surface area contributed by atoms with E-state index in [1.54, 1.807) is 17.0 Å². The van der Waals surface area contributed by atoms with Crippen LogP contribution in [-0.4, -0.2) is 34.5 Å². The van der Waals surface area contributed by atoms with E-state index < -0.39 is 5.97 Å². The van der Waals surface area contributed by atoms with Crippen LogP contribution in [0.3, 0.4) is 0 Å². The third-order valence-electron chi connectivity index (χ3n) is 2.45. The minimum atomic E-state index is -0.992. The number of carbonyl (C=O) groups excluding carboxylic acids is 1. The number of nitrogens with zero attached hydrogens (tertiary/aromatic N) is 1. The van der Waals surface area contributed by atoms with Crippen LogP contribution in [0.25, 0.3) is 6.08 Å². The van der Waals surface area contributed by atoms with Crippen LogP contribution < -0.4 is 0 Å². The zero-order valence-corrected chi connectivity index (χ0v) is 11.5. The van der Waals surface area contributed by atoms with Crippen molar-refractivity contribution in [3.8, 4) is 0 Å². The van der Waals surface area contributed by atoms with Crippen molar-refractivity contribution in [1.29, 1.82) is 0 Å². The molecule has 18 heavy (non-hydrogen) atoms. The topological polar surface area (TPSA) is 57.6 Å². The van der Waals surface area contributed by atoms with Crippen molar-refractivity contribution in [3.63, 3.8) is 0 Å². The van der Waals surface area contributed by atoms with E-state index in [9.17, 15) is 9.59 Å². The molecular formula is C13H17NO3S. The average Bonchev–Trinajstić information content (AvgIpc) is 2.75. The number of hydrogen-bond acceptors (Lipinski definition) is 3. The minimum Gasteiger partial charge on any atom is -0.478 e. The number of carboxylic acids is 1. The first kappa shape index (κ1) is 14.4. The highest BCUT2D eigenvalue weighted by Gasteiger charge is 2.18. The lowest BCUT2D eigenvalue weighted by molar-refractivity contribution is -0.131. The van der Waals surface area contributed by atoms with Gasteiger partial charge in [0.05, 0.1) is 4.88 Å². The largest absolute Gasteiger partial charge is 0.478 e. The first-order valence-electron chi connectivity index (χ1n) is 5.77. The van der Waals surface area contributed by atoms with E-state index in [0.717, 1.165) is 11.0 Å². The molecule has 1 aromatic heterocycles. The molecule has 0 aliphatic carbocycles. The van der Waals surface area contributed by atoms with Crippen LogP contribution in [0.5, 0.6) is 0 Å². The number of carboxylic acid groups (broad SMARTS) is 1. The third kappa shape index (κ3) is 3.70. The van der Waals surface area contributed by atoms with E-state index in [1.807, 2.05) is 20.8 Å². The average molecular weight is 267 g/mol. The van der Waals surface area contributed by atoms with E-state index in [0.29, 0.717) is 11.4 Å². The molecule has 1 aromatic rings. The zero-order chi connectivity index (χ0) is 13.7. The molecule has 0 radical (unpaired) electrons. The van der Waals surface area contributed by atoms with Crippen molar-refractivity contribution in [2.24, 2.45) is 0 Å². The lowest BCUT2D eigenvalue weighted by atomic mass is 10.3. The number of carbonyl (C=O) groups is 2. The molecule has 0 saturated carbocycles. The Morgan fingerprint density at radius 2 is 2.11 bits per heavy atom. The Hall–Kier alpha value is -1.62. The van der Waals surface area contributed by atoms with Crippen molar-refractivity contribution >= 4 is 29.3 Å². The summed E-state index contributed by atoms with van der Waals surface area (Å²) in [6, 6.07) is 3.65. The van der Waals surface area contributed by atoms with Gasteiger partial charge in [0.25, 0.3) is 5.91 Å². The number of thiophene rings is 1. The van der Waals surface area contributed by atoms with E-state index >= 15 is 0 Å². The van der Waals surface area contributed by atoms with Gasteiger partial charge >= 0.3 is 5.97 Å². The molecule has 0 aromatic carbocycles. The highest BCUT2D eigenvalue weighted by atomic mass is 32.1. The molecule has 1 heterocycles. The molecule has 5 heteroatoms. The predicted octanol–water partition coefficient (Wildman–Crippen LogP) is 2.72. The second-order valence-electron chi connectivity index (χ2n) is 4.06. The fourth-order valence-electron chi connectivity index (χ4n) is 1.60. The number of hydrogen-bond donors (Lipinski definition) is 1. The summed E-state index contributed by atoms with van der Waals surface area (Å²) in [5.41, 5.74) is 0. The van der Waals surface area contributed by atoms with Gasteiger partial charge in [-0.1, -0.05) is 0 Å². The van der Waals surface area contributed by atoms with Crippen molar-refractivity contribution in [2.45, 2.75) is 26.8 Å².